The molecular formula is C18H16O5. The number of rotatable bonds is 3. The van der Waals surface area contributed by atoms with E-state index in [1.165, 1.54) is 21.3 Å². The quantitative estimate of drug-likeness (QED) is 0.744. The van der Waals surface area contributed by atoms with E-state index in [1.54, 1.807) is 31.2 Å². The van der Waals surface area contributed by atoms with Gasteiger partial charge in [0, 0.05) is 5.56 Å². The Bertz CT molecular complexity index is 836. The standard InChI is InChI=1S/C18H16O5/c1-9-8-12(22-3)14-15(18(9)23-4)16(19)10-6-5-7-11(21-2)13(10)17(14)20/h5-8H,1-4H3. The maximum Gasteiger partial charge on any atom is 0.202 e. The number of carbonyl (C=O) groups excluding carboxylic acids is 2. The first-order valence-corrected chi connectivity index (χ1v) is 7.07. The Morgan fingerprint density at radius 1 is 0.783 bits per heavy atom. The zero-order valence-electron chi connectivity index (χ0n) is 13.4. The van der Waals surface area contributed by atoms with Crippen LogP contribution in [-0.2, 0) is 0 Å². The van der Waals surface area contributed by atoms with E-state index in [9.17, 15) is 9.59 Å². The second kappa shape index (κ2) is 5.43. The lowest BCUT2D eigenvalue weighted by atomic mass is 9.81. The summed E-state index contributed by atoms with van der Waals surface area (Å²) in [7, 11) is 4.42. The number of ether oxygens (including phenoxy) is 3. The summed E-state index contributed by atoms with van der Waals surface area (Å²) in [4.78, 5) is 26.0. The summed E-state index contributed by atoms with van der Waals surface area (Å²) >= 11 is 0. The van der Waals surface area contributed by atoms with Crippen molar-refractivity contribution in [1.82, 2.24) is 0 Å². The minimum atomic E-state index is -0.304. The zero-order valence-corrected chi connectivity index (χ0v) is 13.4. The van der Waals surface area contributed by atoms with Crippen molar-refractivity contribution in [2.24, 2.45) is 0 Å². The predicted molar refractivity (Wildman–Crippen MR) is 84.1 cm³/mol. The molecule has 0 aliphatic heterocycles. The highest BCUT2D eigenvalue weighted by atomic mass is 16.5. The van der Waals surface area contributed by atoms with Crippen LogP contribution < -0.4 is 14.2 Å². The van der Waals surface area contributed by atoms with Gasteiger partial charge in [0.2, 0.25) is 5.78 Å². The van der Waals surface area contributed by atoms with Crippen LogP contribution in [0.1, 0.15) is 37.4 Å². The fraction of sp³-hybridized carbons (Fsp3) is 0.222. The smallest absolute Gasteiger partial charge is 0.202 e. The van der Waals surface area contributed by atoms with Crippen molar-refractivity contribution >= 4 is 11.6 Å². The van der Waals surface area contributed by atoms with E-state index in [1.807, 2.05) is 0 Å². The first-order chi connectivity index (χ1) is 11.0. The largest absolute Gasteiger partial charge is 0.496 e. The van der Waals surface area contributed by atoms with Crippen molar-refractivity contribution in [2.45, 2.75) is 6.92 Å². The third-order valence-electron chi connectivity index (χ3n) is 4.03. The van der Waals surface area contributed by atoms with Gasteiger partial charge in [0.15, 0.2) is 5.78 Å². The van der Waals surface area contributed by atoms with Crippen LogP contribution in [-0.4, -0.2) is 32.9 Å². The van der Waals surface area contributed by atoms with Gasteiger partial charge in [0.25, 0.3) is 0 Å². The first-order valence-electron chi connectivity index (χ1n) is 7.07. The van der Waals surface area contributed by atoms with Crippen LogP contribution in [0, 0.1) is 6.92 Å². The van der Waals surface area contributed by atoms with E-state index in [0.29, 0.717) is 22.8 Å². The van der Waals surface area contributed by atoms with Crippen molar-refractivity contribution in [3.05, 3.63) is 52.1 Å². The Hall–Kier alpha value is -2.82. The molecule has 118 valence electrons. The van der Waals surface area contributed by atoms with Gasteiger partial charge in [-0.3, -0.25) is 9.59 Å². The summed E-state index contributed by atoms with van der Waals surface area (Å²) in [5.41, 5.74) is 1.77. The van der Waals surface area contributed by atoms with Crippen molar-refractivity contribution < 1.29 is 23.8 Å². The van der Waals surface area contributed by atoms with Gasteiger partial charge in [0.1, 0.15) is 17.2 Å². The van der Waals surface area contributed by atoms with Crippen molar-refractivity contribution in [3.8, 4) is 17.2 Å². The van der Waals surface area contributed by atoms with Crippen LogP contribution in [0.15, 0.2) is 24.3 Å². The van der Waals surface area contributed by atoms with Crippen LogP contribution in [0.25, 0.3) is 0 Å². The Kier molecular flexibility index (Phi) is 3.56. The van der Waals surface area contributed by atoms with Gasteiger partial charge in [-0.2, -0.15) is 0 Å². The normalized spacial score (nSPS) is 12.5. The lowest BCUT2D eigenvalue weighted by Gasteiger charge is -2.24. The molecule has 0 fully saturated rings. The number of methoxy groups -OCH3 is 3. The maximum atomic E-state index is 13.0. The molecule has 0 saturated heterocycles. The number of carbonyl (C=O) groups is 2. The highest BCUT2D eigenvalue weighted by molar-refractivity contribution is 6.31. The molecule has 0 radical (unpaired) electrons. The molecule has 0 atom stereocenters. The van der Waals surface area contributed by atoms with Gasteiger partial charge in [-0.25, -0.2) is 0 Å². The average molecular weight is 312 g/mol. The Morgan fingerprint density at radius 3 is 2.09 bits per heavy atom. The lowest BCUT2D eigenvalue weighted by Crippen LogP contribution is -2.23. The molecule has 0 aromatic heterocycles. The fourth-order valence-corrected chi connectivity index (χ4v) is 3.02. The average Bonchev–Trinajstić information content (AvgIpc) is 2.57. The molecule has 0 spiro atoms. The van der Waals surface area contributed by atoms with Gasteiger partial charge < -0.3 is 14.2 Å². The molecule has 2 aromatic rings. The summed E-state index contributed by atoms with van der Waals surface area (Å²) < 4.78 is 16.0. The predicted octanol–water partition coefficient (Wildman–Crippen LogP) is 2.80. The van der Waals surface area contributed by atoms with Crippen molar-refractivity contribution in [2.75, 3.05) is 21.3 Å². The summed E-state index contributed by atoms with van der Waals surface area (Å²) in [5, 5.41) is 0. The molecule has 0 saturated carbocycles. The van der Waals surface area contributed by atoms with Crippen molar-refractivity contribution in [3.63, 3.8) is 0 Å². The van der Waals surface area contributed by atoms with Gasteiger partial charge in [-0.15, -0.1) is 0 Å². The molecule has 5 nitrogen and oxygen atoms in total. The molecule has 2 aromatic carbocycles. The molecule has 0 amide bonds. The van der Waals surface area contributed by atoms with Gasteiger partial charge in [-0.1, -0.05) is 12.1 Å². The molecule has 0 N–H and O–H groups in total. The number of benzene rings is 2. The van der Waals surface area contributed by atoms with Gasteiger partial charge in [0.05, 0.1) is 38.0 Å². The number of fused-ring (bicyclic) bond motifs is 2. The molecular weight excluding hydrogens is 296 g/mol. The van der Waals surface area contributed by atoms with E-state index in [2.05, 4.69) is 0 Å². The van der Waals surface area contributed by atoms with Crippen LogP contribution in [0.2, 0.25) is 0 Å². The van der Waals surface area contributed by atoms with Crippen LogP contribution in [0.5, 0.6) is 17.2 Å². The maximum absolute atomic E-state index is 13.0. The minimum Gasteiger partial charge on any atom is -0.496 e. The zero-order chi connectivity index (χ0) is 16.7. The lowest BCUT2D eigenvalue weighted by molar-refractivity contribution is 0.0971. The van der Waals surface area contributed by atoms with E-state index >= 15 is 0 Å². The first kappa shape index (κ1) is 15.1. The SMILES string of the molecule is COc1cccc2c1C(=O)c1c(OC)cc(C)c(OC)c1C2=O. The number of hydrogen-bond donors (Lipinski definition) is 0. The molecule has 1 aliphatic rings. The molecule has 0 heterocycles. The fourth-order valence-electron chi connectivity index (χ4n) is 3.02. The van der Waals surface area contributed by atoms with Crippen LogP contribution in [0.4, 0.5) is 0 Å². The summed E-state index contributed by atoms with van der Waals surface area (Å²) in [6, 6.07) is 6.67. The van der Waals surface area contributed by atoms with E-state index in [-0.39, 0.29) is 28.3 Å². The van der Waals surface area contributed by atoms with Gasteiger partial charge in [-0.05, 0) is 24.6 Å². The Balaban J connectivity index is 2.41. The summed E-state index contributed by atoms with van der Waals surface area (Å²) in [6.07, 6.45) is 0. The van der Waals surface area contributed by atoms with E-state index < -0.39 is 0 Å². The van der Waals surface area contributed by atoms with Crippen molar-refractivity contribution in [1.29, 1.82) is 0 Å². The Morgan fingerprint density at radius 2 is 1.48 bits per heavy atom. The number of aryl methyl sites for hydroxylation is 1. The number of hydrogen-bond acceptors (Lipinski definition) is 5. The molecule has 3 rings (SSSR count). The molecule has 23 heavy (non-hydrogen) atoms. The minimum absolute atomic E-state index is 0.219. The molecule has 1 aliphatic carbocycles. The second-order valence-corrected chi connectivity index (χ2v) is 5.22. The second-order valence-electron chi connectivity index (χ2n) is 5.22. The van der Waals surface area contributed by atoms with Crippen LogP contribution in [0.3, 0.4) is 0 Å². The highest BCUT2D eigenvalue weighted by Crippen LogP contribution is 2.42. The Labute approximate surface area is 133 Å². The van der Waals surface area contributed by atoms with E-state index in [0.717, 1.165) is 5.56 Å². The molecule has 5 heteroatoms. The topological polar surface area (TPSA) is 61.8 Å². The monoisotopic (exact) mass is 312 g/mol. The van der Waals surface area contributed by atoms with Crippen LogP contribution >= 0.6 is 0 Å². The summed E-state index contributed by atoms with van der Waals surface area (Å²) in [5.74, 6) is 0.545. The third-order valence-corrected chi connectivity index (χ3v) is 4.03. The molecule has 0 unspecified atom stereocenters. The summed E-state index contributed by atoms with van der Waals surface area (Å²) in [6.45, 7) is 1.81. The van der Waals surface area contributed by atoms with Gasteiger partial charge >= 0.3 is 0 Å². The molecule has 0 bridgehead atoms. The highest BCUT2D eigenvalue weighted by Gasteiger charge is 2.37. The van der Waals surface area contributed by atoms with E-state index in [4.69, 9.17) is 14.2 Å². The number of ketones is 2. The third kappa shape index (κ3) is 2.00.